The lowest BCUT2D eigenvalue weighted by atomic mass is 9.93. The summed E-state index contributed by atoms with van der Waals surface area (Å²) in [4.78, 5) is 71.3. The summed E-state index contributed by atoms with van der Waals surface area (Å²) in [6, 6.07) is 10.8. The third-order valence-electron chi connectivity index (χ3n) is 11.3. The number of nitrogens with one attached hydrogen (secondary N) is 4. The van der Waals surface area contributed by atoms with Crippen LogP contribution in [0.3, 0.4) is 0 Å². The van der Waals surface area contributed by atoms with E-state index in [0.717, 1.165) is 70.5 Å². The lowest BCUT2D eigenvalue weighted by Gasteiger charge is -2.30. The number of hydrogen-bond donors (Lipinski definition) is 4. The lowest BCUT2D eigenvalue weighted by molar-refractivity contribution is -0.136. The molecular formula is C42H52N8O7. The minimum atomic E-state index is -0.699. The molecule has 0 aliphatic carbocycles. The van der Waals surface area contributed by atoms with Crippen LogP contribution in [0.25, 0.3) is 33.6 Å². The molecule has 2 aromatic carbocycles. The van der Waals surface area contributed by atoms with E-state index in [-0.39, 0.29) is 35.7 Å². The maximum absolute atomic E-state index is 13.6. The molecule has 4 amide bonds. The van der Waals surface area contributed by atoms with Gasteiger partial charge in [-0.15, -0.1) is 0 Å². The number of amides is 4. The maximum atomic E-state index is 13.6. The van der Waals surface area contributed by atoms with Crippen molar-refractivity contribution in [3.63, 3.8) is 0 Å². The molecule has 0 spiro atoms. The van der Waals surface area contributed by atoms with Crippen LogP contribution in [0.4, 0.5) is 9.59 Å². The number of rotatable bonds is 10. The molecule has 5 heterocycles. The normalized spacial score (nSPS) is 18.8. The zero-order chi connectivity index (χ0) is 40.4. The molecule has 15 heteroatoms. The van der Waals surface area contributed by atoms with Gasteiger partial charge in [-0.3, -0.25) is 9.59 Å². The average Bonchev–Trinajstić information content (AvgIpc) is 4.04. The van der Waals surface area contributed by atoms with E-state index in [1.54, 1.807) is 0 Å². The van der Waals surface area contributed by atoms with E-state index in [0.29, 0.717) is 38.0 Å². The number of alkyl carbamates (subject to hydrolysis) is 2. The van der Waals surface area contributed by atoms with Crippen LogP contribution < -0.4 is 10.6 Å². The first kappa shape index (κ1) is 39.5. The summed E-state index contributed by atoms with van der Waals surface area (Å²) < 4.78 is 15.8. The zero-order valence-corrected chi connectivity index (χ0v) is 33.4. The number of likely N-dealkylation sites (tertiary alicyclic amines) is 2. The lowest BCUT2D eigenvalue weighted by Crippen LogP contribution is -2.51. The summed E-state index contributed by atoms with van der Waals surface area (Å²) in [5, 5.41) is 5.40. The summed E-state index contributed by atoms with van der Waals surface area (Å²) >= 11 is 0. The number of hydrogen-bond acceptors (Lipinski definition) is 9. The topological polar surface area (TPSA) is 184 Å². The standard InChI is InChI=1S/C42H52N8O7/c1-23(2)35(47-41(53)55-5)39(51)49-15-7-9-33(49)37-43-19-31(45-37)25-11-13-29-27(17-25)21-57-22-28-18-26(12-14-30(28)29)32-20-44-38(46-32)34-10-8-16-50(34)40(52)36(24(3)4)48-42(54)56-6/h11-14,17-20,23-24,33-36H,7-10,15-16,21-22H2,1-6H3,(H,43,45)(H,44,46)(H,47,53)(H,48,54)/t33-,34-,35?,36?/m0/s1. The molecule has 2 unspecified atom stereocenters. The van der Waals surface area contributed by atoms with Crippen LogP contribution >= 0.6 is 0 Å². The van der Waals surface area contributed by atoms with Gasteiger partial charge >= 0.3 is 12.2 Å². The van der Waals surface area contributed by atoms with E-state index in [1.165, 1.54) is 14.2 Å². The maximum Gasteiger partial charge on any atom is 0.407 e. The number of aromatic amines is 2. The van der Waals surface area contributed by atoms with E-state index in [9.17, 15) is 19.2 Å². The molecule has 57 heavy (non-hydrogen) atoms. The summed E-state index contributed by atoms with van der Waals surface area (Å²) in [5.74, 6) is 0.903. The fourth-order valence-electron chi connectivity index (χ4n) is 8.25. The minimum absolute atomic E-state index is 0.115. The predicted molar refractivity (Wildman–Crippen MR) is 211 cm³/mol. The quantitative estimate of drug-likeness (QED) is 0.144. The van der Waals surface area contributed by atoms with Gasteiger partial charge in [-0.1, -0.05) is 52.0 Å². The number of carbonyl (C=O) groups excluding carboxylic acids is 4. The molecule has 0 bridgehead atoms. The van der Waals surface area contributed by atoms with Crippen molar-refractivity contribution in [2.45, 2.75) is 90.8 Å². The van der Waals surface area contributed by atoms with E-state index >= 15 is 0 Å². The molecule has 4 aromatic rings. The number of aromatic nitrogens is 4. The van der Waals surface area contributed by atoms with Crippen molar-refractivity contribution < 1.29 is 33.4 Å². The molecule has 0 radical (unpaired) electrons. The van der Waals surface area contributed by atoms with Gasteiger partial charge in [-0.05, 0) is 83.0 Å². The second kappa shape index (κ2) is 16.8. The van der Waals surface area contributed by atoms with E-state index in [1.807, 2.05) is 49.9 Å². The summed E-state index contributed by atoms with van der Waals surface area (Å²) in [6.07, 6.45) is 5.58. The largest absolute Gasteiger partial charge is 0.453 e. The number of benzene rings is 2. The molecule has 3 aliphatic heterocycles. The highest BCUT2D eigenvalue weighted by atomic mass is 16.5. The molecule has 2 aromatic heterocycles. The summed E-state index contributed by atoms with van der Waals surface area (Å²) in [6.45, 7) is 9.64. The number of nitrogens with zero attached hydrogens (tertiary/aromatic N) is 4. The van der Waals surface area contributed by atoms with Crippen LogP contribution in [0.15, 0.2) is 48.8 Å². The van der Waals surface area contributed by atoms with Gasteiger partial charge in [0, 0.05) is 13.1 Å². The van der Waals surface area contributed by atoms with Crippen LogP contribution in [0.5, 0.6) is 0 Å². The Hall–Kier alpha value is -5.70. The second-order valence-electron chi connectivity index (χ2n) is 15.7. The molecule has 4 atom stereocenters. The molecule has 302 valence electrons. The number of carbonyl (C=O) groups is 4. The van der Waals surface area contributed by atoms with Crippen molar-refractivity contribution in [3.05, 3.63) is 71.6 Å². The Morgan fingerprint density at radius 2 is 1.12 bits per heavy atom. The Morgan fingerprint density at radius 3 is 1.51 bits per heavy atom. The van der Waals surface area contributed by atoms with Crippen molar-refractivity contribution in [1.82, 2.24) is 40.4 Å². The monoisotopic (exact) mass is 780 g/mol. The van der Waals surface area contributed by atoms with Crippen molar-refractivity contribution >= 4 is 24.0 Å². The Kier molecular flexibility index (Phi) is 11.7. The first-order valence-electron chi connectivity index (χ1n) is 19.7. The van der Waals surface area contributed by atoms with Crippen molar-refractivity contribution in [3.8, 4) is 33.6 Å². The Balaban J connectivity index is 1.07. The number of H-pyrrole nitrogens is 2. The van der Waals surface area contributed by atoms with E-state index in [2.05, 4.69) is 57.0 Å². The van der Waals surface area contributed by atoms with Gasteiger partial charge in [0.1, 0.15) is 23.7 Å². The zero-order valence-electron chi connectivity index (χ0n) is 33.4. The summed E-state index contributed by atoms with van der Waals surface area (Å²) in [7, 11) is 2.58. The molecule has 2 saturated heterocycles. The highest BCUT2D eigenvalue weighted by molar-refractivity contribution is 5.87. The Labute approximate surface area is 332 Å². The number of imidazole rings is 2. The average molecular weight is 781 g/mol. The van der Waals surface area contributed by atoms with Gasteiger partial charge in [0.25, 0.3) is 0 Å². The number of ether oxygens (including phenoxy) is 3. The number of methoxy groups -OCH3 is 2. The smallest absolute Gasteiger partial charge is 0.407 e. The number of fused-ring (bicyclic) bond motifs is 3. The summed E-state index contributed by atoms with van der Waals surface area (Å²) in [5.41, 5.74) is 7.90. The van der Waals surface area contributed by atoms with Crippen LogP contribution in [0, 0.1) is 11.8 Å². The van der Waals surface area contributed by atoms with Crippen LogP contribution in [-0.4, -0.2) is 93.1 Å². The fraction of sp³-hybridized carbons (Fsp3) is 0.476. The highest BCUT2D eigenvalue weighted by Gasteiger charge is 2.39. The molecule has 4 N–H and O–H groups in total. The fourth-order valence-corrected chi connectivity index (χ4v) is 8.25. The van der Waals surface area contributed by atoms with E-state index < -0.39 is 24.3 Å². The molecule has 3 aliphatic rings. The molecule has 7 rings (SSSR count). The van der Waals surface area contributed by atoms with Crippen molar-refractivity contribution in [2.75, 3.05) is 27.3 Å². The van der Waals surface area contributed by atoms with Gasteiger partial charge in [0.05, 0.1) is 63.3 Å². The third kappa shape index (κ3) is 8.11. The van der Waals surface area contributed by atoms with Crippen molar-refractivity contribution in [2.24, 2.45) is 11.8 Å². The minimum Gasteiger partial charge on any atom is -0.453 e. The van der Waals surface area contributed by atoms with Gasteiger partial charge < -0.3 is 44.6 Å². The van der Waals surface area contributed by atoms with Crippen LogP contribution in [-0.2, 0) is 37.0 Å². The first-order chi connectivity index (χ1) is 27.5. The molecular weight excluding hydrogens is 729 g/mol. The van der Waals surface area contributed by atoms with E-state index in [4.69, 9.17) is 24.2 Å². The van der Waals surface area contributed by atoms with Gasteiger partial charge in [0.2, 0.25) is 11.8 Å². The second-order valence-corrected chi connectivity index (χ2v) is 15.7. The molecule has 2 fully saturated rings. The third-order valence-corrected chi connectivity index (χ3v) is 11.3. The first-order valence-corrected chi connectivity index (χ1v) is 19.7. The SMILES string of the molecule is COC(=O)NC(C(=O)N1CCC[C@H]1c1ncc(-c2ccc3c(c2)COCc2cc(-c4cnc([C@@H]5CCCN5C(=O)C(NC(=O)OC)C(C)C)[nH]4)ccc2-3)[nH]1)C(C)C. The van der Waals surface area contributed by atoms with Crippen molar-refractivity contribution in [1.29, 1.82) is 0 Å². The van der Waals surface area contributed by atoms with Crippen LogP contribution in [0.2, 0.25) is 0 Å². The van der Waals surface area contributed by atoms with Gasteiger partial charge in [-0.25, -0.2) is 19.6 Å². The molecule has 0 saturated carbocycles. The van der Waals surface area contributed by atoms with Gasteiger partial charge in [-0.2, -0.15) is 0 Å². The molecule has 15 nitrogen and oxygen atoms in total. The van der Waals surface area contributed by atoms with Gasteiger partial charge in [0.15, 0.2) is 0 Å². The Bertz CT molecular complexity index is 1980. The van der Waals surface area contributed by atoms with Crippen LogP contribution in [0.1, 0.15) is 88.2 Å². The Morgan fingerprint density at radius 1 is 0.702 bits per heavy atom. The highest BCUT2D eigenvalue weighted by Crippen LogP contribution is 2.38. The predicted octanol–water partition coefficient (Wildman–Crippen LogP) is 6.25.